The minimum Gasteiger partial charge on any atom is -0.456 e. The first kappa shape index (κ1) is 22.1. The van der Waals surface area contributed by atoms with E-state index >= 15 is 0 Å². The molecule has 1 aromatic heterocycles. The number of benzene rings is 1. The molecule has 4 amide bonds. The molecular formula is C22H26N4O5. The Bertz CT molecular complexity index is 971. The zero-order chi connectivity index (χ0) is 22.5. The van der Waals surface area contributed by atoms with Gasteiger partial charge in [-0.15, -0.1) is 0 Å². The number of nitrogens with zero attached hydrogens (tertiary/aromatic N) is 1. The SMILES string of the molecule is CC(=O)Nc1cc(NC(C)=O)cc(C(=O)N2CCC(NC(=O)c3ccc(C)o3)CC2)c1. The number of carbonyl (C=O) groups is 4. The van der Waals surface area contributed by atoms with Gasteiger partial charge in [-0.25, -0.2) is 0 Å². The lowest BCUT2D eigenvalue weighted by molar-refractivity contribution is -0.115. The van der Waals surface area contributed by atoms with Crippen LogP contribution in [0.3, 0.4) is 0 Å². The quantitative estimate of drug-likeness (QED) is 0.679. The zero-order valence-corrected chi connectivity index (χ0v) is 17.8. The van der Waals surface area contributed by atoms with Crippen LogP contribution in [0.5, 0.6) is 0 Å². The number of hydrogen-bond donors (Lipinski definition) is 3. The summed E-state index contributed by atoms with van der Waals surface area (Å²) in [5, 5.41) is 8.23. The number of aryl methyl sites for hydroxylation is 1. The van der Waals surface area contributed by atoms with Crippen molar-refractivity contribution in [2.75, 3.05) is 23.7 Å². The van der Waals surface area contributed by atoms with E-state index in [0.29, 0.717) is 48.6 Å². The molecule has 3 rings (SSSR count). The van der Waals surface area contributed by atoms with Crippen LogP contribution < -0.4 is 16.0 Å². The van der Waals surface area contributed by atoms with Gasteiger partial charge in [-0.1, -0.05) is 0 Å². The van der Waals surface area contributed by atoms with Crippen LogP contribution in [0.15, 0.2) is 34.7 Å². The van der Waals surface area contributed by atoms with Gasteiger partial charge >= 0.3 is 0 Å². The third kappa shape index (κ3) is 5.94. The van der Waals surface area contributed by atoms with Gasteiger partial charge in [-0.2, -0.15) is 0 Å². The van der Waals surface area contributed by atoms with Crippen molar-refractivity contribution in [2.24, 2.45) is 0 Å². The maximum atomic E-state index is 13.0. The van der Waals surface area contributed by atoms with Gasteiger partial charge in [0, 0.05) is 49.9 Å². The van der Waals surface area contributed by atoms with Crippen molar-refractivity contribution in [2.45, 2.75) is 39.7 Å². The number of hydrogen-bond acceptors (Lipinski definition) is 5. The maximum Gasteiger partial charge on any atom is 0.287 e. The lowest BCUT2D eigenvalue weighted by atomic mass is 10.0. The standard InChI is InChI=1S/C22H26N4O5/c1-13-4-5-20(31-13)21(29)25-17-6-8-26(9-7-17)22(30)16-10-18(23-14(2)27)12-19(11-16)24-15(3)28/h4-5,10-12,17H,6-9H2,1-3H3,(H,23,27)(H,24,28)(H,25,29). The molecule has 0 aliphatic carbocycles. The van der Waals surface area contributed by atoms with Crippen LogP contribution in [0, 0.1) is 6.92 Å². The molecule has 9 nitrogen and oxygen atoms in total. The molecule has 1 aromatic carbocycles. The van der Waals surface area contributed by atoms with Crippen LogP contribution in [0.2, 0.25) is 0 Å². The molecule has 1 aliphatic heterocycles. The molecule has 9 heteroatoms. The molecule has 0 bridgehead atoms. The van der Waals surface area contributed by atoms with E-state index in [0.717, 1.165) is 0 Å². The Balaban J connectivity index is 1.64. The summed E-state index contributed by atoms with van der Waals surface area (Å²) in [6.07, 6.45) is 1.22. The molecule has 1 fully saturated rings. The van der Waals surface area contributed by atoms with E-state index in [4.69, 9.17) is 4.42 Å². The van der Waals surface area contributed by atoms with Gasteiger partial charge in [0.2, 0.25) is 11.8 Å². The second-order valence-electron chi connectivity index (χ2n) is 7.61. The highest BCUT2D eigenvalue weighted by molar-refractivity contribution is 6.00. The summed E-state index contributed by atoms with van der Waals surface area (Å²) in [7, 11) is 0. The minimum absolute atomic E-state index is 0.0531. The van der Waals surface area contributed by atoms with Crippen molar-refractivity contribution in [1.29, 1.82) is 0 Å². The third-order valence-corrected chi connectivity index (χ3v) is 4.90. The van der Waals surface area contributed by atoms with Crippen LogP contribution in [-0.4, -0.2) is 47.7 Å². The fraction of sp³-hybridized carbons (Fsp3) is 0.364. The Morgan fingerprint density at radius 1 is 0.935 bits per heavy atom. The maximum absolute atomic E-state index is 13.0. The first-order valence-corrected chi connectivity index (χ1v) is 10.1. The lowest BCUT2D eigenvalue weighted by Crippen LogP contribution is -2.46. The molecule has 0 spiro atoms. The molecule has 2 heterocycles. The molecule has 2 aromatic rings. The highest BCUT2D eigenvalue weighted by Gasteiger charge is 2.26. The number of furan rings is 1. The van der Waals surface area contributed by atoms with E-state index in [9.17, 15) is 19.2 Å². The first-order chi connectivity index (χ1) is 14.7. The first-order valence-electron chi connectivity index (χ1n) is 10.1. The number of carbonyl (C=O) groups excluding carboxylic acids is 4. The highest BCUT2D eigenvalue weighted by Crippen LogP contribution is 2.22. The zero-order valence-electron chi connectivity index (χ0n) is 17.8. The predicted octanol–water partition coefficient (Wildman–Crippen LogP) is 2.54. The van der Waals surface area contributed by atoms with Crippen molar-refractivity contribution in [3.63, 3.8) is 0 Å². The molecule has 0 unspecified atom stereocenters. The summed E-state index contributed by atoms with van der Waals surface area (Å²) in [5.74, 6) is -0.0728. The summed E-state index contributed by atoms with van der Waals surface area (Å²) in [5.41, 5.74) is 1.22. The summed E-state index contributed by atoms with van der Waals surface area (Å²) >= 11 is 0. The van der Waals surface area contributed by atoms with Crippen molar-refractivity contribution < 1.29 is 23.6 Å². The van der Waals surface area contributed by atoms with E-state index < -0.39 is 0 Å². The van der Waals surface area contributed by atoms with Crippen LogP contribution in [0.4, 0.5) is 11.4 Å². The van der Waals surface area contributed by atoms with E-state index in [-0.39, 0.29) is 35.4 Å². The summed E-state index contributed by atoms with van der Waals surface area (Å²) < 4.78 is 5.34. The third-order valence-electron chi connectivity index (χ3n) is 4.90. The van der Waals surface area contributed by atoms with Crippen LogP contribution in [-0.2, 0) is 9.59 Å². The second-order valence-corrected chi connectivity index (χ2v) is 7.61. The predicted molar refractivity (Wildman–Crippen MR) is 115 cm³/mol. The average Bonchev–Trinajstić information content (AvgIpc) is 3.13. The lowest BCUT2D eigenvalue weighted by Gasteiger charge is -2.32. The number of likely N-dealkylation sites (tertiary alicyclic amines) is 1. The Kier molecular flexibility index (Phi) is 6.74. The topological polar surface area (TPSA) is 121 Å². The van der Waals surface area contributed by atoms with E-state index in [1.165, 1.54) is 13.8 Å². The Labute approximate surface area is 180 Å². The number of piperidine rings is 1. The largest absolute Gasteiger partial charge is 0.456 e. The number of amides is 4. The van der Waals surface area contributed by atoms with Gasteiger partial charge in [0.05, 0.1) is 0 Å². The van der Waals surface area contributed by atoms with Crippen molar-refractivity contribution >= 4 is 35.0 Å². The van der Waals surface area contributed by atoms with E-state index in [1.807, 2.05) is 0 Å². The molecule has 164 valence electrons. The summed E-state index contributed by atoms with van der Waals surface area (Å²) in [6.45, 7) is 5.46. The normalized spacial score (nSPS) is 14.1. The number of rotatable bonds is 5. The Hall–Kier alpha value is -3.62. The van der Waals surface area contributed by atoms with Crippen molar-refractivity contribution in [1.82, 2.24) is 10.2 Å². The molecular weight excluding hydrogens is 400 g/mol. The molecule has 3 N–H and O–H groups in total. The Morgan fingerprint density at radius 2 is 1.52 bits per heavy atom. The average molecular weight is 426 g/mol. The number of anilines is 2. The molecule has 1 aliphatic rings. The minimum atomic E-state index is -0.276. The van der Waals surface area contributed by atoms with Gasteiger partial charge in [-0.05, 0) is 50.1 Å². The van der Waals surface area contributed by atoms with Gasteiger partial charge in [0.15, 0.2) is 5.76 Å². The monoisotopic (exact) mass is 426 g/mol. The van der Waals surface area contributed by atoms with E-state index in [1.54, 1.807) is 42.2 Å². The molecule has 0 atom stereocenters. The van der Waals surface area contributed by atoms with Crippen LogP contribution >= 0.6 is 0 Å². The van der Waals surface area contributed by atoms with Gasteiger partial charge in [0.1, 0.15) is 5.76 Å². The van der Waals surface area contributed by atoms with Crippen molar-refractivity contribution in [3.8, 4) is 0 Å². The Morgan fingerprint density at radius 3 is 2.00 bits per heavy atom. The van der Waals surface area contributed by atoms with Crippen LogP contribution in [0.1, 0.15) is 53.4 Å². The molecule has 0 radical (unpaired) electrons. The van der Waals surface area contributed by atoms with Gasteiger partial charge in [0.25, 0.3) is 11.8 Å². The molecule has 1 saturated heterocycles. The van der Waals surface area contributed by atoms with E-state index in [2.05, 4.69) is 16.0 Å². The van der Waals surface area contributed by atoms with Crippen LogP contribution in [0.25, 0.3) is 0 Å². The molecule has 0 saturated carbocycles. The fourth-order valence-corrected chi connectivity index (χ4v) is 3.52. The highest BCUT2D eigenvalue weighted by atomic mass is 16.3. The summed E-state index contributed by atoms with van der Waals surface area (Å²) in [4.78, 5) is 49.8. The van der Waals surface area contributed by atoms with Gasteiger partial charge in [-0.3, -0.25) is 19.2 Å². The molecule has 31 heavy (non-hydrogen) atoms. The fourth-order valence-electron chi connectivity index (χ4n) is 3.52. The van der Waals surface area contributed by atoms with Gasteiger partial charge < -0.3 is 25.3 Å². The summed E-state index contributed by atoms with van der Waals surface area (Å²) in [6, 6.07) is 8.09. The number of nitrogens with one attached hydrogen (secondary N) is 3. The second kappa shape index (κ2) is 9.46. The van der Waals surface area contributed by atoms with Crippen molar-refractivity contribution in [3.05, 3.63) is 47.4 Å². The smallest absolute Gasteiger partial charge is 0.287 e.